The third-order valence-electron chi connectivity index (χ3n) is 4.43. The average Bonchev–Trinajstić information content (AvgIpc) is 3.13. The molecule has 0 spiro atoms. The van der Waals surface area contributed by atoms with Gasteiger partial charge in [0.1, 0.15) is 6.17 Å². The molecule has 9 heteroatoms. The highest BCUT2D eigenvalue weighted by Crippen LogP contribution is 2.26. The first-order valence-electron chi connectivity index (χ1n) is 8.04. The van der Waals surface area contributed by atoms with Crippen LogP contribution in [-0.4, -0.2) is 63.0 Å². The van der Waals surface area contributed by atoms with Crippen LogP contribution in [0.25, 0.3) is 0 Å². The highest BCUT2D eigenvalue weighted by molar-refractivity contribution is 7.09. The molecule has 3 heterocycles. The lowest BCUT2D eigenvalue weighted by Crippen LogP contribution is -2.41. The van der Waals surface area contributed by atoms with E-state index in [-0.39, 0.29) is 23.5 Å². The summed E-state index contributed by atoms with van der Waals surface area (Å²) in [4.78, 5) is 29.4. The fourth-order valence-corrected chi connectivity index (χ4v) is 3.86. The molecule has 0 unspecified atom stereocenters. The van der Waals surface area contributed by atoms with Crippen molar-refractivity contribution in [3.63, 3.8) is 0 Å². The van der Waals surface area contributed by atoms with Crippen molar-refractivity contribution in [1.82, 2.24) is 24.8 Å². The molecule has 0 aromatic carbocycles. The van der Waals surface area contributed by atoms with E-state index in [0.29, 0.717) is 26.1 Å². The monoisotopic (exact) mass is 364 g/mol. The number of rotatable bonds is 5. The zero-order valence-corrected chi connectivity index (χ0v) is 15.0. The summed E-state index contributed by atoms with van der Waals surface area (Å²) in [6, 6.07) is -0.0525. The summed E-state index contributed by atoms with van der Waals surface area (Å²) in [5, 5.41) is 0. The van der Waals surface area contributed by atoms with E-state index in [4.69, 9.17) is 5.73 Å². The second kappa shape index (κ2) is 7.40. The fourth-order valence-electron chi connectivity index (χ4n) is 3.06. The number of hydrogen-bond acceptors (Lipinski definition) is 7. The number of thiazole rings is 1. The molecule has 1 fully saturated rings. The number of nitrogen functional groups attached to an aromatic ring is 1. The van der Waals surface area contributed by atoms with E-state index in [9.17, 15) is 9.18 Å². The molecule has 7 nitrogen and oxygen atoms in total. The Morgan fingerprint density at radius 2 is 2.20 bits per heavy atom. The Morgan fingerprint density at radius 1 is 1.44 bits per heavy atom. The van der Waals surface area contributed by atoms with Crippen LogP contribution in [0.15, 0.2) is 17.9 Å². The number of nitrogens with two attached hydrogens (primary N) is 1. The fraction of sp³-hybridized carbons (Fsp3) is 0.500. The van der Waals surface area contributed by atoms with Crippen LogP contribution in [-0.2, 0) is 6.54 Å². The van der Waals surface area contributed by atoms with Crippen molar-refractivity contribution in [2.45, 2.75) is 32.1 Å². The second-order valence-corrected chi connectivity index (χ2v) is 7.19. The number of halogens is 1. The minimum absolute atomic E-state index is 0.0525. The molecular weight excluding hydrogens is 343 g/mol. The number of carbonyl (C=O) groups is 1. The molecule has 2 aromatic rings. The second-order valence-electron chi connectivity index (χ2n) is 6.25. The molecule has 2 N–H and O–H groups in total. The van der Waals surface area contributed by atoms with Crippen LogP contribution in [0.2, 0.25) is 0 Å². The van der Waals surface area contributed by atoms with Gasteiger partial charge < -0.3 is 10.6 Å². The highest BCUT2D eigenvalue weighted by Gasteiger charge is 2.34. The number of alkyl halides is 1. The van der Waals surface area contributed by atoms with Gasteiger partial charge in [-0.15, -0.1) is 11.3 Å². The van der Waals surface area contributed by atoms with Crippen LogP contribution >= 0.6 is 11.3 Å². The number of amides is 1. The number of aromatic nitrogens is 3. The Kier molecular flexibility index (Phi) is 5.24. The molecule has 1 aliphatic heterocycles. The maximum absolute atomic E-state index is 14.0. The number of carbonyl (C=O) groups excluding carboxylic acids is 1. The highest BCUT2D eigenvalue weighted by atomic mass is 32.1. The van der Waals surface area contributed by atoms with Crippen molar-refractivity contribution in [3.05, 3.63) is 34.2 Å². The maximum atomic E-state index is 14.0. The topological polar surface area (TPSA) is 88.2 Å². The van der Waals surface area contributed by atoms with E-state index in [1.807, 2.05) is 6.92 Å². The van der Waals surface area contributed by atoms with Crippen molar-refractivity contribution in [1.29, 1.82) is 0 Å². The van der Waals surface area contributed by atoms with Gasteiger partial charge in [0.25, 0.3) is 5.91 Å². The van der Waals surface area contributed by atoms with Crippen molar-refractivity contribution in [2.75, 3.05) is 25.9 Å². The Labute approximate surface area is 149 Å². The van der Waals surface area contributed by atoms with Crippen molar-refractivity contribution in [3.8, 4) is 0 Å². The summed E-state index contributed by atoms with van der Waals surface area (Å²) in [6.07, 6.45) is 2.40. The summed E-state index contributed by atoms with van der Waals surface area (Å²) < 4.78 is 14.0. The lowest BCUT2D eigenvalue weighted by Gasteiger charge is -2.28. The van der Waals surface area contributed by atoms with Crippen molar-refractivity contribution < 1.29 is 9.18 Å². The maximum Gasteiger partial charge on any atom is 0.276 e. The van der Waals surface area contributed by atoms with Crippen molar-refractivity contribution >= 4 is 23.1 Å². The van der Waals surface area contributed by atoms with E-state index in [1.54, 1.807) is 23.9 Å². The molecule has 3 rings (SSSR count). The Bertz CT molecular complexity index is 754. The van der Waals surface area contributed by atoms with Crippen LogP contribution in [0.3, 0.4) is 0 Å². The number of aryl methyl sites for hydroxylation is 1. The van der Waals surface area contributed by atoms with E-state index < -0.39 is 6.17 Å². The third-order valence-corrected chi connectivity index (χ3v) is 5.35. The standard InChI is InChI=1S/C16H21FN6OS/c1-10-13(25-9-21-10)8-23-6-11(17)5-12(23)7-22(2)16(24)14-15(18)20-4-3-19-14/h3-4,9,11-12H,5-8H2,1-2H3,(H2,18,20)/t11-,12-/m0/s1. The zero-order valence-electron chi connectivity index (χ0n) is 14.2. The smallest absolute Gasteiger partial charge is 0.276 e. The van der Waals surface area contributed by atoms with Gasteiger partial charge in [-0.2, -0.15) is 0 Å². The van der Waals surface area contributed by atoms with Crippen LogP contribution in [0.5, 0.6) is 0 Å². The largest absolute Gasteiger partial charge is 0.382 e. The lowest BCUT2D eigenvalue weighted by molar-refractivity contribution is 0.0745. The SMILES string of the molecule is Cc1ncsc1CN1C[C@@H](F)C[C@H]1CN(C)C(=O)c1nccnc1N. The van der Waals surface area contributed by atoms with Gasteiger partial charge >= 0.3 is 0 Å². The third kappa shape index (κ3) is 3.93. The van der Waals surface area contributed by atoms with Crippen LogP contribution < -0.4 is 5.73 Å². The summed E-state index contributed by atoms with van der Waals surface area (Å²) in [5.74, 6) is -0.201. The summed E-state index contributed by atoms with van der Waals surface area (Å²) in [6.45, 7) is 3.39. The molecule has 0 bridgehead atoms. The summed E-state index contributed by atoms with van der Waals surface area (Å²) >= 11 is 1.57. The molecule has 134 valence electrons. The minimum atomic E-state index is -0.886. The first kappa shape index (κ1) is 17.7. The van der Waals surface area contributed by atoms with Gasteiger partial charge in [0.15, 0.2) is 11.5 Å². The lowest BCUT2D eigenvalue weighted by atomic mass is 10.2. The quantitative estimate of drug-likeness (QED) is 0.865. The summed E-state index contributed by atoms with van der Waals surface area (Å²) in [5.41, 5.74) is 8.63. The number of likely N-dealkylation sites (N-methyl/N-ethyl adjacent to an activating group) is 1. The number of nitrogens with zero attached hydrogens (tertiary/aromatic N) is 5. The van der Waals surface area contributed by atoms with Crippen LogP contribution in [0.4, 0.5) is 10.2 Å². The molecule has 1 amide bonds. The number of anilines is 1. The van der Waals surface area contributed by atoms with Gasteiger partial charge in [0, 0.05) is 50.0 Å². The molecule has 0 aliphatic carbocycles. The van der Waals surface area contributed by atoms with Crippen LogP contribution in [0.1, 0.15) is 27.5 Å². The Hall–Kier alpha value is -2.13. The Morgan fingerprint density at radius 3 is 2.88 bits per heavy atom. The predicted octanol–water partition coefficient (Wildman–Crippen LogP) is 1.51. The number of likely N-dealkylation sites (tertiary alicyclic amines) is 1. The summed E-state index contributed by atoms with van der Waals surface area (Å²) in [7, 11) is 1.68. The predicted molar refractivity (Wildman–Crippen MR) is 94.0 cm³/mol. The average molecular weight is 364 g/mol. The number of hydrogen-bond donors (Lipinski definition) is 1. The zero-order chi connectivity index (χ0) is 18.0. The molecule has 0 radical (unpaired) electrons. The minimum Gasteiger partial charge on any atom is -0.382 e. The van der Waals surface area contributed by atoms with Gasteiger partial charge in [0.2, 0.25) is 0 Å². The Balaban J connectivity index is 1.68. The molecule has 2 atom stereocenters. The molecular formula is C16H21FN6OS. The van der Waals surface area contributed by atoms with Crippen LogP contribution in [0, 0.1) is 6.92 Å². The molecule has 1 aliphatic rings. The van der Waals surface area contributed by atoms with E-state index >= 15 is 0 Å². The molecule has 25 heavy (non-hydrogen) atoms. The molecule has 1 saturated heterocycles. The molecule has 2 aromatic heterocycles. The van der Waals surface area contributed by atoms with Gasteiger partial charge in [-0.05, 0) is 13.3 Å². The van der Waals surface area contributed by atoms with E-state index in [0.717, 1.165) is 10.6 Å². The first-order chi connectivity index (χ1) is 12.0. The van der Waals surface area contributed by atoms with Gasteiger partial charge in [-0.25, -0.2) is 19.3 Å². The van der Waals surface area contributed by atoms with Gasteiger partial charge in [0.05, 0.1) is 11.2 Å². The normalized spacial score (nSPS) is 20.8. The van der Waals surface area contributed by atoms with Gasteiger partial charge in [-0.3, -0.25) is 9.69 Å². The van der Waals surface area contributed by atoms with Crippen molar-refractivity contribution in [2.24, 2.45) is 0 Å². The van der Waals surface area contributed by atoms with Gasteiger partial charge in [-0.1, -0.05) is 0 Å². The molecule has 0 saturated carbocycles. The first-order valence-corrected chi connectivity index (χ1v) is 8.92. The van der Waals surface area contributed by atoms with E-state index in [2.05, 4.69) is 19.9 Å². The van der Waals surface area contributed by atoms with E-state index in [1.165, 1.54) is 17.3 Å².